The molecular weight excluding hydrogens is 348 g/mol. The van der Waals surface area contributed by atoms with Crippen LogP contribution in [0.2, 0.25) is 0 Å². The van der Waals surface area contributed by atoms with Crippen LogP contribution in [0.5, 0.6) is 5.75 Å². The molecule has 0 aliphatic carbocycles. The molecule has 1 aromatic rings. The maximum atomic E-state index is 14.1. The van der Waals surface area contributed by atoms with E-state index in [9.17, 15) is 23.8 Å². The van der Waals surface area contributed by atoms with Gasteiger partial charge in [-0.15, -0.1) is 0 Å². The maximum Gasteiger partial charge on any atom is 0.547 e. The predicted molar refractivity (Wildman–Crippen MR) is 87.6 cm³/mol. The summed E-state index contributed by atoms with van der Waals surface area (Å²) in [6.45, 7) is 2.42. The molecule has 0 bridgehead atoms. The Morgan fingerprint density at radius 2 is 2.12 bits per heavy atom. The van der Waals surface area contributed by atoms with Crippen molar-refractivity contribution in [1.29, 1.82) is 0 Å². The van der Waals surface area contributed by atoms with E-state index in [1.165, 1.54) is 13.0 Å². The van der Waals surface area contributed by atoms with Crippen molar-refractivity contribution in [3.8, 4) is 5.75 Å². The number of rotatable bonds is 6. The average molecular weight is 367 g/mol. The van der Waals surface area contributed by atoms with E-state index in [-0.39, 0.29) is 24.5 Å². The van der Waals surface area contributed by atoms with Crippen molar-refractivity contribution in [1.82, 2.24) is 5.32 Å². The van der Waals surface area contributed by atoms with E-state index in [1.54, 1.807) is 6.92 Å². The van der Waals surface area contributed by atoms with E-state index in [1.807, 2.05) is 0 Å². The Morgan fingerprint density at radius 3 is 2.77 bits per heavy atom. The lowest BCUT2D eigenvalue weighted by Crippen LogP contribution is -2.52. The van der Waals surface area contributed by atoms with Crippen LogP contribution in [0.15, 0.2) is 12.1 Å². The molecule has 1 heterocycles. The van der Waals surface area contributed by atoms with Gasteiger partial charge in [0.15, 0.2) is 0 Å². The van der Waals surface area contributed by atoms with Gasteiger partial charge in [0.1, 0.15) is 17.1 Å². The second kappa shape index (κ2) is 8.66. The normalized spacial score (nSPS) is 15.5. The summed E-state index contributed by atoms with van der Waals surface area (Å²) in [4.78, 5) is 34.6. The van der Waals surface area contributed by atoms with Crippen LogP contribution < -0.4 is 9.97 Å². The lowest BCUT2D eigenvalue weighted by Gasteiger charge is -2.28. The van der Waals surface area contributed by atoms with Gasteiger partial charge in [-0.1, -0.05) is 13.0 Å². The standard InChI is InChI=1S/C16H19BFNO7/c1-3-4-13(21)24-8-25-16(22)14-11(18)6-5-10-7-12(19-9(2)20)17(23)26-15(10)14/h5-6,12,23H,3-4,7-8H2,1-2H3,(H,19,20). The van der Waals surface area contributed by atoms with Crippen molar-refractivity contribution in [2.75, 3.05) is 6.79 Å². The molecule has 1 aliphatic heterocycles. The molecule has 1 aromatic carbocycles. The van der Waals surface area contributed by atoms with Gasteiger partial charge in [0.2, 0.25) is 12.7 Å². The van der Waals surface area contributed by atoms with E-state index in [2.05, 4.69) is 5.32 Å². The van der Waals surface area contributed by atoms with Crippen molar-refractivity contribution in [3.05, 3.63) is 29.1 Å². The predicted octanol–water partition coefficient (Wildman–Crippen LogP) is 0.743. The number of amides is 1. The molecule has 2 N–H and O–H groups in total. The number of fused-ring (bicyclic) bond motifs is 1. The smallest absolute Gasteiger partial charge is 0.534 e. The minimum Gasteiger partial charge on any atom is -0.534 e. The third-order valence-electron chi connectivity index (χ3n) is 3.67. The molecule has 0 saturated heterocycles. The first-order valence-electron chi connectivity index (χ1n) is 8.09. The molecular formula is C16H19BFNO7. The number of hydrogen-bond acceptors (Lipinski definition) is 7. The molecule has 0 aromatic heterocycles. The summed E-state index contributed by atoms with van der Waals surface area (Å²) < 4.78 is 28.8. The van der Waals surface area contributed by atoms with Gasteiger partial charge in [0, 0.05) is 13.3 Å². The van der Waals surface area contributed by atoms with Gasteiger partial charge in [0.25, 0.3) is 0 Å². The number of carbonyl (C=O) groups excluding carboxylic acids is 3. The highest BCUT2D eigenvalue weighted by atomic mass is 19.1. The lowest BCUT2D eigenvalue weighted by molar-refractivity contribution is -0.152. The Hall–Kier alpha value is -2.62. The molecule has 0 spiro atoms. The van der Waals surface area contributed by atoms with Crippen LogP contribution in [-0.4, -0.2) is 42.7 Å². The molecule has 0 radical (unpaired) electrons. The molecule has 0 fully saturated rings. The largest absolute Gasteiger partial charge is 0.547 e. The lowest BCUT2D eigenvalue weighted by atomic mass is 9.72. The molecule has 2 rings (SSSR count). The molecule has 8 nitrogen and oxygen atoms in total. The Balaban J connectivity index is 2.14. The van der Waals surface area contributed by atoms with E-state index < -0.39 is 43.2 Å². The van der Waals surface area contributed by atoms with Crippen LogP contribution in [0.3, 0.4) is 0 Å². The summed E-state index contributed by atoms with van der Waals surface area (Å²) in [6.07, 6.45) is 0.892. The minimum absolute atomic E-state index is 0.141. The fraction of sp³-hybridized carbons (Fsp3) is 0.438. The fourth-order valence-electron chi connectivity index (χ4n) is 2.51. The zero-order valence-corrected chi connectivity index (χ0v) is 14.4. The van der Waals surface area contributed by atoms with Crippen molar-refractivity contribution >= 4 is 25.0 Å². The SMILES string of the molecule is CCCC(=O)OCOC(=O)c1c(F)ccc2c1OB(O)C(NC(C)=O)C2. The first-order valence-corrected chi connectivity index (χ1v) is 8.09. The van der Waals surface area contributed by atoms with E-state index in [0.29, 0.717) is 12.0 Å². The number of esters is 2. The molecule has 0 saturated carbocycles. The van der Waals surface area contributed by atoms with E-state index in [0.717, 1.165) is 6.07 Å². The monoisotopic (exact) mass is 367 g/mol. The second-order valence-corrected chi connectivity index (χ2v) is 5.75. The topological polar surface area (TPSA) is 111 Å². The van der Waals surface area contributed by atoms with Crippen LogP contribution in [0.1, 0.15) is 42.6 Å². The van der Waals surface area contributed by atoms with Gasteiger partial charge in [-0.3, -0.25) is 9.59 Å². The van der Waals surface area contributed by atoms with Gasteiger partial charge in [-0.05, 0) is 24.5 Å². The maximum absolute atomic E-state index is 14.1. The van der Waals surface area contributed by atoms with Crippen molar-refractivity contribution in [2.45, 2.75) is 39.1 Å². The summed E-state index contributed by atoms with van der Waals surface area (Å²) >= 11 is 0. The molecule has 1 atom stereocenters. The number of carbonyl (C=O) groups is 3. The van der Waals surface area contributed by atoms with Gasteiger partial charge in [0.05, 0.1) is 5.94 Å². The van der Waals surface area contributed by atoms with Gasteiger partial charge in [-0.25, -0.2) is 9.18 Å². The zero-order valence-electron chi connectivity index (χ0n) is 14.4. The highest BCUT2D eigenvalue weighted by molar-refractivity contribution is 6.47. The summed E-state index contributed by atoms with van der Waals surface area (Å²) in [5.41, 5.74) is -0.0836. The molecule has 140 valence electrons. The summed E-state index contributed by atoms with van der Waals surface area (Å²) in [7, 11) is -1.46. The molecule has 26 heavy (non-hydrogen) atoms. The minimum atomic E-state index is -1.46. The first kappa shape index (κ1) is 19.7. The highest BCUT2D eigenvalue weighted by Crippen LogP contribution is 2.32. The second-order valence-electron chi connectivity index (χ2n) is 5.75. The number of nitrogens with one attached hydrogen (secondary N) is 1. The Morgan fingerprint density at radius 1 is 1.38 bits per heavy atom. The quantitative estimate of drug-likeness (QED) is 0.433. The number of ether oxygens (including phenoxy) is 2. The van der Waals surface area contributed by atoms with Gasteiger partial charge < -0.3 is 24.5 Å². The summed E-state index contributed by atoms with van der Waals surface area (Å²) in [5.74, 6) is -3.79. The van der Waals surface area contributed by atoms with Gasteiger partial charge in [-0.2, -0.15) is 0 Å². The number of hydrogen-bond donors (Lipinski definition) is 2. The van der Waals surface area contributed by atoms with Crippen LogP contribution in [0, 0.1) is 5.82 Å². The third-order valence-corrected chi connectivity index (χ3v) is 3.67. The number of halogens is 1. The molecule has 1 amide bonds. The van der Waals surface area contributed by atoms with Crippen LogP contribution in [0.25, 0.3) is 0 Å². The average Bonchev–Trinajstić information content (AvgIpc) is 2.55. The molecule has 1 unspecified atom stereocenters. The van der Waals surface area contributed by atoms with Crippen molar-refractivity contribution in [2.24, 2.45) is 0 Å². The van der Waals surface area contributed by atoms with Crippen LogP contribution in [0.4, 0.5) is 4.39 Å². The zero-order chi connectivity index (χ0) is 19.3. The number of benzene rings is 1. The van der Waals surface area contributed by atoms with Crippen LogP contribution in [-0.2, 0) is 25.5 Å². The molecule has 1 aliphatic rings. The fourth-order valence-corrected chi connectivity index (χ4v) is 2.51. The van der Waals surface area contributed by atoms with Gasteiger partial charge >= 0.3 is 19.1 Å². The Kier molecular flexibility index (Phi) is 6.56. The van der Waals surface area contributed by atoms with Crippen molar-refractivity contribution in [3.63, 3.8) is 0 Å². The van der Waals surface area contributed by atoms with Crippen LogP contribution >= 0.6 is 0 Å². The molecule has 10 heteroatoms. The summed E-state index contributed by atoms with van der Waals surface area (Å²) in [5, 5.41) is 12.5. The highest BCUT2D eigenvalue weighted by Gasteiger charge is 2.38. The van der Waals surface area contributed by atoms with E-state index >= 15 is 0 Å². The Labute approximate surface area is 149 Å². The first-order chi connectivity index (χ1) is 12.3. The van der Waals surface area contributed by atoms with Crippen molar-refractivity contribution < 1.29 is 37.9 Å². The Bertz CT molecular complexity index is 712. The third kappa shape index (κ3) is 4.72. The summed E-state index contributed by atoms with van der Waals surface area (Å²) in [6, 6.07) is 2.45. The van der Waals surface area contributed by atoms with E-state index in [4.69, 9.17) is 14.1 Å².